The summed E-state index contributed by atoms with van der Waals surface area (Å²) >= 11 is 0. The van der Waals surface area contributed by atoms with Crippen molar-refractivity contribution in [2.24, 2.45) is 11.8 Å². The zero-order valence-electron chi connectivity index (χ0n) is 24.7. The van der Waals surface area contributed by atoms with Crippen LogP contribution < -0.4 is 20.7 Å². The van der Waals surface area contributed by atoms with Crippen LogP contribution in [-0.2, 0) is 15.1 Å². The highest BCUT2D eigenvalue weighted by Crippen LogP contribution is 2.56. The number of aliphatic hydroxyl groups is 1. The molecule has 1 saturated carbocycles. The molecular weight excluding hydrogens is 548 g/mol. The Morgan fingerprint density at radius 1 is 0.930 bits per heavy atom. The smallest absolute Gasteiger partial charge is 0.330 e. The lowest BCUT2D eigenvalue weighted by atomic mass is 9.79. The predicted octanol–water partition coefficient (Wildman–Crippen LogP) is 4.16. The molecule has 3 aromatic carbocycles. The number of nitrogens with zero attached hydrogens (tertiary/aromatic N) is 1. The van der Waals surface area contributed by atoms with Crippen molar-refractivity contribution in [3.05, 3.63) is 128 Å². The van der Waals surface area contributed by atoms with E-state index in [2.05, 4.69) is 4.98 Å². The molecule has 2 N–H and O–H groups in total. The largest absolute Gasteiger partial charge is 0.497 e. The van der Waals surface area contributed by atoms with Crippen LogP contribution >= 0.6 is 0 Å². The summed E-state index contributed by atoms with van der Waals surface area (Å²) in [5.74, 6) is 1.10. The maximum absolute atomic E-state index is 12.8. The van der Waals surface area contributed by atoms with E-state index in [0.717, 1.165) is 16.7 Å². The highest BCUT2D eigenvalue weighted by atomic mass is 16.6. The summed E-state index contributed by atoms with van der Waals surface area (Å²) in [6.45, 7) is 3.72. The van der Waals surface area contributed by atoms with Crippen molar-refractivity contribution in [2.75, 3.05) is 20.8 Å². The molecule has 0 spiro atoms. The average Bonchev–Trinajstić information content (AvgIpc) is 3.45. The van der Waals surface area contributed by atoms with Crippen molar-refractivity contribution >= 4 is 0 Å². The maximum atomic E-state index is 12.8. The number of aromatic amines is 1. The van der Waals surface area contributed by atoms with Gasteiger partial charge in [0.2, 0.25) is 0 Å². The normalized spacial score (nSPS) is 24.7. The van der Waals surface area contributed by atoms with Crippen LogP contribution in [0.1, 0.15) is 41.8 Å². The Labute approximate surface area is 249 Å². The molecule has 9 heteroatoms. The summed E-state index contributed by atoms with van der Waals surface area (Å²) < 4.78 is 26.0. The minimum atomic E-state index is -1.09. The average molecular weight is 585 g/mol. The molecule has 43 heavy (non-hydrogen) atoms. The van der Waals surface area contributed by atoms with Gasteiger partial charge in [0.25, 0.3) is 5.56 Å². The molecule has 4 aromatic rings. The molecule has 2 bridgehead atoms. The third kappa shape index (κ3) is 4.77. The van der Waals surface area contributed by atoms with Crippen molar-refractivity contribution in [1.29, 1.82) is 0 Å². The van der Waals surface area contributed by atoms with Crippen LogP contribution in [0, 0.1) is 18.8 Å². The van der Waals surface area contributed by atoms with Crippen LogP contribution in [-0.4, -0.2) is 47.2 Å². The Hall–Kier alpha value is -4.18. The van der Waals surface area contributed by atoms with Crippen molar-refractivity contribution in [1.82, 2.24) is 9.55 Å². The Morgan fingerprint density at radius 3 is 2.05 bits per heavy atom. The van der Waals surface area contributed by atoms with Gasteiger partial charge in [-0.2, -0.15) is 0 Å². The van der Waals surface area contributed by atoms with E-state index >= 15 is 0 Å². The van der Waals surface area contributed by atoms with Gasteiger partial charge in [0, 0.05) is 17.7 Å². The molecule has 1 aliphatic carbocycles. The van der Waals surface area contributed by atoms with E-state index in [9.17, 15) is 14.7 Å². The summed E-state index contributed by atoms with van der Waals surface area (Å²) in [5, 5.41) is 11.7. The molecule has 1 aromatic heterocycles. The lowest BCUT2D eigenvalue weighted by Gasteiger charge is -2.40. The third-order valence-electron chi connectivity index (χ3n) is 9.04. The van der Waals surface area contributed by atoms with Gasteiger partial charge in [-0.25, -0.2) is 4.79 Å². The van der Waals surface area contributed by atoms with Crippen LogP contribution in [0.15, 0.2) is 94.6 Å². The number of methoxy groups -OCH3 is 2. The molecule has 0 amide bonds. The molecule has 2 heterocycles. The molecule has 0 radical (unpaired) electrons. The molecule has 0 unspecified atom stereocenters. The van der Waals surface area contributed by atoms with Crippen molar-refractivity contribution in [3.63, 3.8) is 0 Å². The second-order valence-electron chi connectivity index (χ2n) is 11.5. The maximum Gasteiger partial charge on any atom is 0.330 e. The fourth-order valence-electron chi connectivity index (χ4n) is 6.84. The molecule has 1 saturated heterocycles. The standard InChI is InChI=1S/C34H36N2O7/c1-21-18-33(29(37)28(21)31(43-33)36-19-22(2)30(38)35-32(36)39)20-42-34(23-8-6-5-7-9-23,24-10-14-26(40-3)15-11-24)25-12-16-27(41-4)17-13-25/h5-17,19,21,28-29,31,37H,18,20H2,1-4H3,(H,35,38,39)/t21-,28+,29+,31-,33+/m1/s1. The Balaban J connectivity index is 1.46. The van der Waals surface area contributed by atoms with Gasteiger partial charge in [-0.15, -0.1) is 0 Å². The second kappa shape index (κ2) is 11.1. The summed E-state index contributed by atoms with van der Waals surface area (Å²) in [5.41, 5.74) is -0.192. The summed E-state index contributed by atoms with van der Waals surface area (Å²) in [4.78, 5) is 27.3. The number of aryl methyl sites for hydroxylation is 1. The van der Waals surface area contributed by atoms with Crippen LogP contribution in [0.4, 0.5) is 0 Å². The molecule has 2 aliphatic rings. The van der Waals surface area contributed by atoms with Gasteiger partial charge in [0.1, 0.15) is 28.9 Å². The van der Waals surface area contributed by atoms with Gasteiger partial charge in [-0.1, -0.05) is 61.5 Å². The molecule has 2 fully saturated rings. The zero-order valence-corrected chi connectivity index (χ0v) is 24.7. The topological polar surface area (TPSA) is 112 Å². The van der Waals surface area contributed by atoms with Gasteiger partial charge < -0.3 is 24.1 Å². The first-order valence-corrected chi connectivity index (χ1v) is 14.4. The number of H-pyrrole nitrogens is 1. The Kier molecular flexibility index (Phi) is 7.50. The fraction of sp³-hybridized carbons (Fsp3) is 0.353. The fourth-order valence-corrected chi connectivity index (χ4v) is 6.84. The van der Waals surface area contributed by atoms with Gasteiger partial charge in [0.05, 0.1) is 26.9 Å². The molecular formula is C34H36N2O7. The first kappa shape index (κ1) is 28.9. The predicted molar refractivity (Wildman–Crippen MR) is 160 cm³/mol. The summed E-state index contributed by atoms with van der Waals surface area (Å²) in [6.07, 6.45) is 0.400. The highest BCUT2D eigenvalue weighted by Gasteiger charge is 2.64. The number of rotatable bonds is 9. The van der Waals surface area contributed by atoms with E-state index in [1.54, 1.807) is 21.1 Å². The van der Waals surface area contributed by atoms with E-state index < -0.39 is 34.8 Å². The van der Waals surface area contributed by atoms with Crippen LogP contribution in [0.3, 0.4) is 0 Å². The van der Waals surface area contributed by atoms with E-state index in [1.807, 2.05) is 85.8 Å². The highest BCUT2D eigenvalue weighted by molar-refractivity contribution is 5.49. The van der Waals surface area contributed by atoms with Crippen LogP contribution in [0.25, 0.3) is 0 Å². The van der Waals surface area contributed by atoms with Crippen molar-refractivity contribution in [3.8, 4) is 11.5 Å². The summed E-state index contributed by atoms with van der Waals surface area (Å²) in [6, 6.07) is 25.4. The van der Waals surface area contributed by atoms with Gasteiger partial charge in [0.15, 0.2) is 0 Å². The number of benzene rings is 3. The van der Waals surface area contributed by atoms with Crippen molar-refractivity contribution < 1.29 is 24.1 Å². The Bertz CT molecular complexity index is 1650. The number of ether oxygens (including phenoxy) is 4. The number of hydrogen-bond acceptors (Lipinski definition) is 7. The molecule has 1 aliphatic heterocycles. The summed E-state index contributed by atoms with van der Waals surface area (Å²) in [7, 11) is 3.25. The van der Waals surface area contributed by atoms with Gasteiger partial charge >= 0.3 is 5.69 Å². The van der Waals surface area contributed by atoms with E-state index in [4.69, 9.17) is 18.9 Å². The van der Waals surface area contributed by atoms with Crippen molar-refractivity contribution in [2.45, 2.75) is 43.8 Å². The second-order valence-corrected chi connectivity index (χ2v) is 11.5. The van der Waals surface area contributed by atoms with E-state index in [0.29, 0.717) is 23.5 Å². The lowest BCUT2D eigenvalue weighted by Crippen LogP contribution is -2.46. The number of aromatic nitrogens is 2. The monoisotopic (exact) mass is 584 g/mol. The first-order valence-electron chi connectivity index (χ1n) is 14.4. The number of aliphatic hydroxyl groups excluding tert-OH is 1. The van der Waals surface area contributed by atoms with E-state index in [-0.39, 0.29) is 18.4 Å². The molecule has 6 rings (SSSR count). The van der Waals surface area contributed by atoms with Gasteiger partial charge in [-0.05, 0) is 60.2 Å². The molecule has 224 valence electrons. The van der Waals surface area contributed by atoms with Gasteiger partial charge in [-0.3, -0.25) is 14.3 Å². The quantitative estimate of drug-likeness (QED) is 0.284. The number of hydrogen-bond donors (Lipinski definition) is 2. The van der Waals surface area contributed by atoms with E-state index in [1.165, 1.54) is 10.8 Å². The zero-order chi connectivity index (χ0) is 30.4. The lowest BCUT2D eigenvalue weighted by molar-refractivity contribution is -0.175. The third-order valence-corrected chi connectivity index (χ3v) is 9.04. The van der Waals surface area contributed by atoms with Crippen LogP contribution in [0.5, 0.6) is 11.5 Å². The minimum absolute atomic E-state index is 0.0320. The number of fused-ring (bicyclic) bond motifs is 2. The first-order chi connectivity index (χ1) is 20.7. The van der Waals surface area contributed by atoms with Crippen LogP contribution in [0.2, 0.25) is 0 Å². The Morgan fingerprint density at radius 2 is 1.49 bits per heavy atom. The molecule has 5 atom stereocenters. The minimum Gasteiger partial charge on any atom is -0.497 e. The number of nitrogens with one attached hydrogen (secondary N) is 1. The SMILES string of the molecule is COc1ccc(C(OC[C@]23C[C@@H](C)[C@H]([C@H](n4cc(C)c(=O)[nH]c4=O)O2)[C@@H]3O)(c2ccccc2)c2ccc(OC)cc2)cc1. The molecule has 9 nitrogen and oxygen atoms in total.